The molecule has 0 radical (unpaired) electrons. The molecule has 0 fully saturated rings. The van der Waals surface area contributed by atoms with Crippen molar-refractivity contribution < 1.29 is 23.1 Å². The van der Waals surface area contributed by atoms with Gasteiger partial charge in [-0.15, -0.1) is 0 Å². The van der Waals surface area contributed by atoms with Gasteiger partial charge >= 0.3 is 12.1 Å². The van der Waals surface area contributed by atoms with Gasteiger partial charge in [0.15, 0.2) is 0 Å². The molecule has 1 aromatic heterocycles. The maximum Gasteiger partial charge on any atom is 0.419 e. The number of halogens is 3. The van der Waals surface area contributed by atoms with Crippen LogP contribution in [-0.2, 0) is 6.18 Å². The fourth-order valence-electron chi connectivity index (χ4n) is 1.58. The van der Waals surface area contributed by atoms with E-state index in [9.17, 15) is 18.0 Å². The van der Waals surface area contributed by atoms with Crippen LogP contribution in [-0.4, -0.2) is 20.9 Å². The van der Waals surface area contributed by atoms with E-state index in [0.717, 1.165) is 4.68 Å². The summed E-state index contributed by atoms with van der Waals surface area (Å²) in [6.45, 7) is 0. The number of benzene rings is 1. The molecule has 0 bridgehead atoms. The Labute approximate surface area is 105 Å². The van der Waals surface area contributed by atoms with Crippen molar-refractivity contribution in [2.75, 3.05) is 5.73 Å². The molecule has 0 aliphatic heterocycles. The number of nitrogen functional groups attached to an aromatic ring is 1. The van der Waals surface area contributed by atoms with Crippen molar-refractivity contribution in [3.05, 3.63) is 41.7 Å². The summed E-state index contributed by atoms with van der Waals surface area (Å²) in [5.41, 5.74) is 4.33. The average molecular weight is 271 g/mol. The van der Waals surface area contributed by atoms with Gasteiger partial charge in [-0.2, -0.15) is 18.3 Å². The normalized spacial score (nSPS) is 11.5. The summed E-state index contributed by atoms with van der Waals surface area (Å²) in [5.74, 6) is -1.30. The minimum Gasteiger partial charge on any atom is -0.478 e. The van der Waals surface area contributed by atoms with E-state index in [-0.39, 0.29) is 16.9 Å². The predicted octanol–water partition coefficient (Wildman–Crippen LogP) is 2.17. The number of hydrogen-bond acceptors (Lipinski definition) is 3. The quantitative estimate of drug-likeness (QED) is 0.820. The lowest BCUT2D eigenvalue weighted by molar-refractivity contribution is -0.137. The Kier molecular flexibility index (Phi) is 2.93. The van der Waals surface area contributed by atoms with E-state index in [2.05, 4.69) is 5.10 Å². The Morgan fingerprint density at radius 3 is 2.58 bits per heavy atom. The number of nitrogens with zero attached hydrogens (tertiary/aromatic N) is 2. The SMILES string of the molecule is Nc1cccc(C(=O)O)c1-n1cc(C(F)(F)F)cn1. The van der Waals surface area contributed by atoms with Crippen molar-refractivity contribution in [1.29, 1.82) is 0 Å². The van der Waals surface area contributed by atoms with Crippen LogP contribution in [0.5, 0.6) is 0 Å². The van der Waals surface area contributed by atoms with Gasteiger partial charge in [-0.25, -0.2) is 9.48 Å². The van der Waals surface area contributed by atoms with E-state index in [0.29, 0.717) is 12.4 Å². The van der Waals surface area contributed by atoms with Gasteiger partial charge in [-0.05, 0) is 12.1 Å². The number of carboxylic acids is 1. The second kappa shape index (κ2) is 4.30. The minimum atomic E-state index is -4.55. The number of aromatic carboxylic acids is 1. The number of anilines is 1. The van der Waals surface area contributed by atoms with E-state index < -0.39 is 17.7 Å². The number of nitrogens with two attached hydrogens (primary N) is 1. The maximum absolute atomic E-state index is 12.5. The molecule has 0 amide bonds. The van der Waals surface area contributed by atoms with Crippen molar-refractivity contribution in [3.8, 4) is 5.69 Å². The van der Waals surface area contributed by atoms with Crippen LogP contribution >= 0.6 is 0 Å². The van der Waals surface area contributed by atoms with Crippen LogP contribution in [0.4, 0.5) is 18.9 Å². The van der Waals surface area contributed by atoms with Crippen LogP contribution < -0.4 is 5.73 Å². The molecule has 5 nitrogen and oxygen atoms in total. The Balaban J connectivity index is 2.59. The average Bonchev–Trinajstić information content (AvgIpc) is 2.77. The van der Waals surface area contributed by atoms with Crippen LogP contribution in [0.25, 0.3) is 5.69 Å². The highest BCUT2D eigenvalue weighted by atomic mass is 19.4. The van der Waals surface area contributed by atoms with Crippen molar-refractivity contribution in [2.45, 2.75) is 6.18 Å². The molecule has 100 valence electrons. The van der Waals surface area contributed by atoms with Crippen molar-refractivity contribution in [2.24, 2.45) is 0 Å². The van der Waals surface area contributed by atoms with Gasteiger partial charge in [0.2, 0.25) is 0 Å². The lowest BCUT2D eigenvalue weighted by Crippen LogP contribution is -2.09. The van der Waals surface area contributed by atoms with Gasteiger partial charge in [0.05, 0.1) is 23.0 Å². The van der Waals surface area contributed by atoms with Gasteiger partial charge < -0.3 is 10.8 Å². The monoisotopic (exact) mass is 271 g/mol. The van der Waals surface area contributed by atoms with E-state index in [1.165, 1.54) is 18.2 Å². The predicted molar refractivity (Wildman–Crippen MR) is 59.9 cm³/mol. The molecule has 0 atom stereocenters. The number of carboxylic acid groups (broad SMARTS) is 1. The third-order valence-corrected chi connectivity index (χ3v) is 2.44. The van der Waals surface area contributed by atoms with Crippen molar-refractivity contribution >= 4 is 11.7 Å². The molecule has 0 saturated carbocycles. The summed E-state index contributed by atoms with van der Waals surface area (Å²) in [6.07, 6.45) is -3.25. The zero-order chi connectivity index (χ0) is 14.2. The third-order valence-electron chi connectivity index (χ3n) is 2.44. The third kappa shape index (κ3) is 2.37. The van der Waals surface area contributed by atoms with Gasteiger partial charge in [-0.1, -0.05) is 6.07 Å². The zero-order valence-corrected chi connectivity index (χ0v) is 9.35. The van der Waals surface area contributed by atoms with Crippen LogP contribution in [0.2, 0.25) is 0 Å². The molecular formula is C11H8F3N3O2. The summed E-state index contributed by atoms with van der Waals surface area (Å²) in [5, 5.41) is 12.5. The van der Waals surface area contributed by atoms with Crippen molar-refractivity contribution in [3.63, 3.8) is 0 Å². The molecule has 2 aromatic rings. The molecule has 2 rings (SSSR count). The number of alkyl halides is 3. The second-order valence-electron chi connectivity index (χ2n) is 3.72. The highest BCUT2D eigenvalue weighted by molar-refractivity contribution is 5.94. The summed E-state index contributed by atoms with van der Waals surface area (Å²) < 4.78 is 38.2. The van der Waals surface area contributed by atoms with Gasteiger partial charge in [-0.3, -0.25) is 0 Å². The van der Waals surface area contributed by atoms with Gasteiger partial charge in [0.25, 0.3) is 0 Å². The molecule has 0 unspecified atom stereocenters. The summed E-state index contributed by atoms with van der Waals surface area (Å²) >= 11 is 0. The first-order valence-electron chi connectivity index (χ1n) is 5.04. The molecule has 0 aliphatic rings. The lowest BCUT2D eigenvalue weighted by Gasteiger charge is -2.09. The van der Waals surface area contributed by atoms with E-state index >= 15 is 0 Å². The zero-order valence-electron chi connectivity index (χ0n) is 9.35. The van der Waals surface area contributed by atoms with Crippen LogP contribution in [0.3, 0.4) is 0 Å². The number of hydrogen-bond donors (Lipinski definition) is 2. The largest absolute Gasteiger partial charge is 0.478 e. The molecular weight excluding hydrogens is 263 g/mol. The summed E-state index contributed by atoms with van der Waals surface area (Å²) in [7, 11) is 0. The summed E-state index contributed by atoms with van der Waals surface area (Å²) in [6, 6.07) is 4.02. The fourth-order valence-corrected chi connectivity index (χ4v) is 1.58. The summed E-state index contributed by atoms with van der Waals surface area (Å²) in [4.78, 5) is 11.0. The molecule has 0 saturated heterocycles. The lowest BCUT2D eigenvalue weighted by atomic mass is 10.1. The van der Waals surface area contributed by atoms with E-state index in [4.69, 9.17) is 10.8 Å². The number of para-hydroxylation sites is 1. The van der Waals surface area contributed by atoms with Crippen LogP contribution in [0.15, 0.2) is 30.6 Å². The Hall–Kier alpha value is -2.51. The molecule has 0 spiro atoms. The molecule has 3 N–H and O–H groups in total. The topological polar surface area (TPSA) is 81.1 Å². The molecule has 1 heterocycles. The number of carbonyl (C=O) groups is 1. The number of aromatic nitrogens is 2. The van der Waals surface area contributed by atoms with Gasteiger partial charge in [0, 0.05) is 6.20 Å². The molecule has 19 heavy (non-hydrogen) atoms. The van der Waals surface area contributed by atoms with E-state index in [1.54, 1.807) is 0 Å². The Bertz CT molecular complexity index is 634. The highest BCUT2D eigenvalue weighted by Crippen LogP contribution is 2.30. The molecule has 1 aromatic carbocycles. The van der Waals surface area contributed by atoms with E-state index in [1.807, 2.05) is 0 Å². The fraction of sp³-hybridized carbons (Fsp3) is 0.0909. The first kappa shape index (κ1) is 12.9. The highest BCUT2D eigenvalue weighted by Gasteiger charge is 2.32. The Morgan fingerprint density at radius 2 is 2.05 bits per heavy atom. The van der Waals surface area contributed by atoms with Crippen molar-refractivity contribution in [1.82, 2.24) is 9.78 Å². The maximum atomic E-state index is 12.5. The van der Waals surface area contributed by atoms with Gasteiger partial charge in [0.1, 0.15) is 5.69 Å². The molecule has 0 aliphatic carbocycles. The number of rotatable bonds is 2. The minimum absolute atomic E-state index is 0.0247. The Morgan fingerprint density at radius 1 is 1.37 bits per heavy atom. The first-order valence-corrected chi connectivity index (χ1v) is 5.04. The first-order chi connectivity index (χ1) is 8.80. The smallest absolute Gasteiger partial charge is 0.419 e. The van der Waals surface area contributed by atoms with Crippen LogP contribution in [0.1, 0.15) is 15.9 Å². The molecule has 8 heteroatoms. The second-order valence-corrected chi connectivity index (χ2v) is 3.72. The van der Waals surface area contributed by atoms with Crippen LogP contribution in [0, 0.1) is 0 Å². The standard InChI is InChI=1S/C11H8F3N3O2/c12-11(13,14)6-4-16-17(5-6)9-7(10(18)19)2-1-3-8(9)15/h1-5H,15H2,(H,18,19).